The van der Waals surface area contributed by atoms with Gasteiger partial charge in [0.1, 0.15) is 5.82 Å². The summed E-state index contributed by atoms with van der Waals surface area (Å²) in [5.41, 5.74) is -0.0113. The van der Waals surface area contributed by atoms with Gasteiger partial charge in [-0.15, -0.1) is 0 Å². The van der Waals surface area contributed by atoms with Crippen molar-refractivity contribution in [2.75, 3.05) is 18.1 Å². The number of nitrogens with zero attached hydrogens (tertiary/aromatic N) is 2. The zero-order valence-corrected chi connectivity index (χ0v) is 9.86. The van der Waals surface area contributed by atoms with Gasteiger partial charge in [0.25, 0.3) is 5.69 Å². The summed E-state index contributed by atoms with van der Waals surface area (Å²) in [6, 6.07) is 2.68. The highest BCUT2D eigenvalue weighted by Gasteiger charge is 2.09. The standard InChI is InChI=1S/C9H13N3O3S/c1-7(16(2)15)6-11-9-5-8(12(13)14)3-4-10-9/h3-5,7H,6H2,1-2H3,(H,10,11). The molecule has 7 heteroatoms. The van der Waals surface area contributed by atoms with Crippen LogP contribution in [0.3, 0.4) is 0 Å². The Morgan fingerprint density at radius 1 is 1.69 bits per heavy atom. The molecule has 1 aromatic rings. The summed E-state index contributed by atoms with van der Waals surface area (Å²) in [4.78, 5) is 14.0. The molecule has 0 saturated heterocycles. The first-order valence-corrected chi connectivity index (χ1v) is 6.29. The van der Waals surface area contributed by atoms with Crippen molar-refractivity contribution in [2.24, 2.45) is 0 Å². The van der Waals surface area contributed by atoms with Crippen molar-refractivity contribution in [1.82, 2.24) is 4.98 Å². The smallest absolute Gasteiger partial charge is 0.274 e. The molecule has 6 nitrogen and oxygen atoms in total. The van der Waals surface area contributed by atoms with Gasteiger partial charge >= 0.3 is 0 Å². The average Bonchev–Trinajstić information content (AvgIpc) is 2.26. The lowest BCUT2D eigenvalue weighted by molar-refractivity contribution is -0.384. The number of nitrogens with one attached hydrogen (secondary N) is 1. The van der Waals surface area contributed by atoms with Gasteiger partial charge in [0.2, 0.25) is 0 Å². The minimum Gasteiger partial charge on any atom is -0.369 e. The molecule has 0 aliphatic rings. The molecule has 0 fully saturated rings. The lowest BCUT2D eigenvalue weighted by Crippen LogP contribution is -2.21. The molecule has 0 amide bonds. The van der Waals surface area contributed by atoms with E-state index in [0.717, 1.165) is 0 Å². The predicted molar refractivity (Wildman–Crippen MR) is 62.9 cm³/mol. The van der Waals surface area contributed by atoms with Crippen molar-refractivity contribution in [3.8, 4) is 0 Å². The van der Waals surface area contributed by atoms with Crippen LogP contribution < -0.4 is 5.32 Å². The number of pyridine rings is 1. The van der Waals surface area contributed by atoms with Gasteiger partial charge in [-0.05, 0) is 6.92 Å². The molecule has 88 valence electrons. The van der Waals surface area contributed by atoms with E-state index in [4.69, 9.17) is 0 Å². The molecule has 0 bridgehead atoms. The summed E-state index contributed by atoms with van der Waals surface area (Å²) in [6.45, 7) is 2.30. The van der Waals surface area contributed by atoms with Crippen LogP contribution >= 0.6 is 0 Å². The van der Waals surface area contributed by atoms with E-state index in [9.17, 15) is 14.3 Å². The predicted octanol–water partition coefficient (Wildman–Crippen LogP) is 1.17. The van der Waals surface area contributed by atoms with Crippen LogP contribution in [0.15, 0.2) is 18.3 Å². The Labute approximate surface area is 95.7 Å². The SMILES string of the molecule is CC(CNc1cc([N+](=O)[O-])ccn1)S(C)=O. The fourth-order valence-corrected chi connectivity index (χ4v) is 1.31. The number of rotatable bonds is 5. The zero-order valence-electron chi connectivity index (χ0n) is 9.04. The molecule has 1 N–H and O–H groups in total. The van der Waals surface area contributed by atoms with Gasteiger partial charge in [-0.1, -0.05) is 0 Å². The van der Waals surface area contributed by atoms with Crippen molar-refractivity contribution in [1.29, 1.82) is 0 Å². The second kappa shape index (κ2) is 5.55. The number of hydrogen-bond donors (Lipinski definition) is 1. The molecule has 0 aliphatic heterocycles. The van der Waals surface area contributed by atoms with E-state index in [1.165, 1.54) is 18.3 Å². The van der Waals surface area contributed by atoms with E-state index in [-0.39, 0.29) is 10.9 Å². The van der Waals surface area contributed by atoms with Crippen LogP contribution in [0, 0.1) is 10.1 Å². The van der Waals surface area contributed by atoms with Crippen LogP contribution in [-0.2, 0) is 10.8 Å². The highest BCUT2D eigenvalue weighted by molar-refractivity contribution is 7.84. The van der Waals surface area contributed by atoms with Crippen LogP contribution in [0.2, 0.25) is 0 Å². The van der Waals surface area contributed by atoms with Crippen LogP contribution in [-0.4, -0.2) is 32.2 Å². The Morgan fingerprint density at radius 2 is 2.38 bits per heavy atom. The topological polar surface area (TPSA) is 85.1 Å². The normalized spacial score (nSPS) is 14.1. The molecule has 2 unspecified atom stereocenters. The van der Waals surface area contributed by atoms with Crippen LogP contribution in [0.25, 0.3) is 0 Å². The Hall–Kier alpha value is -1.50. The fraction of sp³-hybridized carbons (Fsp3) is 0.444. The maximum absolute atomic E-state index is 11.1. The summed E-state index contributed by atoms with van der Waals surface area (Å²) >= 11 is 0. The van der Waals surface area contributed by atoms with E-state index < -0.39 is 15.7 Å². The van der Waals surface area contributed by atoms with Gasteiger partial charge < -0.3 is 5.32 Å². The largest absolute Gasteiger partial charge is 0.369 e. The van der Waals surface area contributed by atoms with E-state index in [1.807, 2.05) is 6.92 Å². The Balaban J connectivity index is 2.64. The summed E-state index contributed by atoms with van der Waals surface area (Å²) in [7, 11) is -0.922. The van der Waals surface area contributed by atoms with Crippen LogP contribution in [0.4, 0.5) is 11.5 Å². The van der Waals surface area contributed by atoms with Crippen molar-refractivity contribution >= 4 is 22.3 Å². The minimum absolute atomic E-state index is 0.0113. The maximum Gasteiger partial charge on any atom is 0.274 e. The first-order chi connectivity index (χ1) is 7.50. The van der Waals surface area contributed by atoms with Gasteiger partial charge in [0.05, 0.1) is 11.0 Å². The summed E-state index contributed by atoms with van der Waals surface area (Å²) in [5, 5.41) is 13.4. The highest BCUT2D eigenvalue weighted by atomic mass is 32.2. The Morgan fingerprint density at radius 3 is 2.94 bits per heavy atom. The third kappa shape index (κ3) is 3.58. The van der Waals surface area contributed by atoms with Crippen molar-refractivity contribution in [2.45, 2.75) is 12.2 Å². The van der Waals surface area contributed by atoms with E-state index in [2.05, 4.69) is 10.3 Å². The summed E-state index contributed by atoms with van der Waals surface area (Å²) < 4.78 is 11.1. The fourth-order valence-electron chi connectivity index (χ4n) is 0.995. The molecular formula is C9H13N3O3S. The van der Waals surface area contributed by atoms with Gasteiger partial charge in [0.15, 0.2) is 0 Å². The molecular weight excluding hydrogens is 230 g/mol. The first kappa shape index (κ1) is 12.6. The lowest BCUT2D eigenvalue weighted by Gasteiger charge is -2.09. The number of anilines is 1. The maximum atomic E-state index is 11.1. The molecule has 1 heterocycles. The Bertz CT molecular complexity index is 411. The molecule has 0 aromatic carbocycles. The highest BCUT2D eigenvalue weighted by Crippen LogP contribution is 2.14. The van der Waals surface area contributed by atoms with Crippen molar-refractivity contribution < 1.29 is 9.13 Å². The number of aromatic nitrogens is 1. The molecule has 16 heavy (non-hydrogen) atoms. The molecule has 1 aromatic heterocycles. The summed E-state index contributed by atoms with van der Waals surface area (Å²) in [5.74, 6) is 0.423. The average molecular weight is 243 g/mol. The van der Waals surface area contributed by atoms with Crippen LogP contribution in [0.5, 0.6) is 0 Å². The van der Waals surface area contributed by atoms with Crippen molar-refractivity contribution in [3.63, 3.8) is 0 Å². The second-order valence-corrected chi connectivity index (χ2v) is 5.15. The first-order valence-electron chi connectivity index (χ1n) is 4.67. The molecule has 0 spiro atoms. The van der Waals surface area contributed by atoms with Crippen LogP contribution in [0.1, 0.15) is 6.92 Å². The third-order valence-electron chi connectivity index (χ3n) is 2.09. The van der Waals surface area contributed by atoms with E-state index in [0.29, 0.717) is 12.4 Å². The van der Waals surface area contributed by atoms with E-state index >= 15 is 0 Å². The zero-order chi connectivity index (χ0) is 12.1. The van der Waals surface area contributed by atoms with Gasteiger partial charge in [0, 0.05) is 41.1 Å². The molecule has 1 rings (SSSR count). The molecule has 0 radical (unpaired) electrons. The van der Waals surface area contributed by atoms with Crippen molar-refractivity contribution in [3.05, 3.63) is 28.4 Å². The number of hydrogen-bond acceptors (Lipinski definition) is 5. The molecule has 0 aliphatic carbocycles. The lowest BCUT2D eigenvalue weighted by atomic mass is 10.4. The molecule has 2 atom stereocenters. The summed E-state index contributed by atoms with van der Waals surface area (Å²) in [6.07, 6.45) is 2.99. The van der Waals surface area contributed by atoms with Gasteiger partial charge in [-0.3, -0.25) is 14.3 Å². The minimum atomic E-state index is -0.922. The van der Waals surface area contributed by atoms with Gasteiger partial charge in [-0.25, -0.2) is 4.98 Å². The third-order valence-corrected chi connectivity index (χ3v) is 3.39. The second-order valence-electron chi connectivity index (χ2n) is 3.35. The monoisotopic (exact) mass is 243 g/mol. The number of nitro groups is 1. The van der Waals surface area contributed by atoms with Gasteiger partial charge in [-0.2, -0.15) is 0 Å². The Kier molecular flexibility index (Phi) is 4.36. The quantitative estimate of drug-likeness (QED) is 0.619. The molecule has 0 saturated carbocycles. The van der Waals surface area contributed by atoms with E-state index in [1.54, 1.807) is 6.26 Å².